The fourth-order valence-corrected chi connectivity index (χ4v) is 2.46. The summed E-state index contributed by atoms with van der Waals surface area (Å²) in [7, 11) is 1.57. The maximum Gasteiger partial charge on any atom is 0.189 e. The molecule has 0 aliphatic carbocycles. The summed E-state index contributed by atoms with van der Waals surface area (Å²) >= 11 is 1.63. The minimum absolute atomic E-state index is 0.0414. The summed E-state index contributed by atoms with van der Waals surface area (Å²) in [6.07, 6.45) is 3.45. The predicted octanol–water partition coefficient (Wildman–Crippen LogP) is 3.96. The van der Waals surface area contributed by atoms with Crippen molar-refractivity contribution >= 4 is 23.2 Å². The highest BCUT2D eigenvalue weighted by molar-refractivity contribution is 7.11. The molecule has 0 N–H and O–H groups in total. The van der Waals surface area contributed by atoms with Gasteiger partial charge < -0.3 is 4.74 Å². The van der Waals surface area contributed by atoms with Crippen molar-refractivity contribution in [1.82, 2.24) is 0 Å². The van der Waals surface area contributed by atoms with E-state index < -0.39 is 0 Å². The standard InChI is InChI=1S/C15H14O2S/c1-11-9-10-18-15(11)8-7-13(16)12-5-3-4-6-14(12)17-2/h3-10H,1-2H3/b8-7+. The second-order valence-corrected chi connectivity index (χ2v) is 4.81. The number of thiophene rings is 1. The SMILES string of the molecule is COc1ccccc1C(=O)/C=C/c1sccc1C. The van der Waals surface area contributed by atoms with Gasteiger partial charge in [0.05, 0.1) is 12.7 Å². The Kier molecular flexibility index (Phi) is 3.95. The zero-order valence-corrected chi connectivity index (χ0v) is 11.2. The Morgan fingerprint density at radius 2 is 2.06 bits per heavy atom. The molecule has 1 heterocycles. The number of carbonyl (C=O) groups is 1. The van der Waals surface area contributed by atoms with Crippen LogP contribution in [0.2, 0.25) is 0 Å². The first-order chi connectivity index (χ1) is 8.72. The summed E-state index contributed by atoms with van der Waals surface area (Å²) < 4.78 is 5.18. The highest BCUT2D eigenvalue weighted by Crippen LogP contribution is 2.20. The third-order valence-electron chi connectivity index (χ3n) is 2.66. The predicted molar refractivity (Wildman–Crippen MR) is 75.4 cm³/mol. The van der Waals surface area contributed by atoms with E-state index in [2.05, 4.69) is 0 Å². The summed E-state index contributed by atoms with van der Waals surface area (Å²) in [6, 6.07) is 9.28. The van der Waals surface area contributed by atoms with E-state index in [1.807, 2.05) is 36.6 Å². The molecule has 0 saturated carbocycles. The smallest absolute Gasteiger partial charge is 0.189 e. The molecule has 0 fully saturated rings. The second kappa shape index (κ2) is 5.65. The van der Waals surface area contributed by atoms with Crippen molar-refractivity contribution in [1.29, 1.82) is 0 Å². The van der Waals surface area contributed by atoms with E-state index >= 15 is 0 Å². The molecule has 0 saturated heterocycles. The van der Waals surface area contributed by atoms with Crippen molar-refractivity contribution in [2.45, 2.75) is 6.92 Å². The van der Waals surface area contributed by atoms with E-state index in [0.717, 1.165) is 4.88 Å². The average Bonchev–Trinajstić information content (AvgIpc) is 2.81. The van der Waals surface area contributed by atoms with Crippen LogP contribution in [0.4, 0.5) is 0 Å². The largest absolute Gasteiger partial charge is 0.496 e. The molecule has 0 atom stereocenters. The molecule has 0 bridgehead atoms. The lowest BCUT2D eigenvalue weighted by Gasteiger charge is -2.04. The van der Waals surface area contributed by atoms with Gasteiger partial charge in [0, 0.05) is 4.88 Å². The van der Waals surface area contributed by atoms with Crippen molar-refractivity contribution in [2.24, 2.45) is 0 Å². The Hall–Kier alpha value is -1.87. The van der Waals surface area contributed by atoms with Crippen LogP contribution in [0.3, 0.4) is 0 Å². The van der Waals surface area contributed by atoms with Crippen LogP contribution < -0.4 is 4.74 Å². The molecule has 0 spiro atoms. The van der Waals surface area contributed by atoms with E-state index in [1.54, 1.807) is 36.7 Å². The third kappa shape index (κ3) is 2.68. The Labute approximate surface area is 111 Å². The Balaban J connectivity index is 2.22. The van der Waals surface area contributed by atoms with E-state index in [-0.39, 0.29) is 5.78 Å². The summed E-state index contributed by atoms with van der Waals surface area (Å²) in [5.41, 5.74) is 1.77. The van der Waals surface area contributed by atoms with Crippen molar-refractivity contribution in [2.75, 3.05) is 7.11 Å². The lowest BCUT2D eigenvalue weighted by molar-refractivity contribution is 0.104. The van der Waals surface area contributed by atoms with Crippen LogP contribution in [0.25, 0.3) is 6.08 Å². The summed E-state index contributed by atoms with van der Waals surface area (Å²) in [5.74, 6) is 0.565. The van der Waals surface area contributed by atoms with Crippen LogP contribution in [0.15, 0.2) is 41.8 Å². The number of ether oxygens (including phenoxy) is 1. The van der Waals surface area contributed by atoms with Gasteiger partial charge in [0.25, 0.3) is 0 Å². The molecule has 0 aliphatic heterocycles. The lowest BCUT2D eigenvalue weighted by atomic mass is 10.1. The van der Waals surface area contributed by atoms with Gasteiger partial charge in [-0.2, -0.15) is 0 Å². The maximum atomic E-state index is 12.1. The summed E-state index contributed by atoms with van der Waals surface area (Å²) in [5, 5.41) is 2.02. The van der Waals surface area contributed by atoms with Gasteiger partial charge in [-0.15, -0.1) is 11.3 Å². The normalized spacial score (nSPS) is 10.8. The van der Waals surface area contributed by atoms with E-state index in [4.69, 9.17) is 4.74 Å². The number of allylic oxidation sites excluding steroid dienone is 1. The molecule has 0 aliphatic rings. The number of benzene rings is 1. The van der Waals surface area contributed by atoms with Gasteiger partial charge in [0.1, 0.15) is 5.75 Å². The molecule has 0 amide bonds. The van der Waals surface area contributed by atoms with Crippen LogP contribution in [0, 0.1) is 6.92 Å². The fraction of sp³-hybridized carbons (Fsp3) is 0.133. The third-order valence-corrected chi connectivity index (χ3v) is 3.64. The van der Waals surface area contributed by atoms with Crippen LogP contribution >= 0.6 is 11.3 Å². The summed E-state index contributed by atoms with van der Waals surface area (Å²) in [4.78, 5) is 13.2. The molecular weight excluding hydrogens is 244 g/mol. The van der Waals surface area contributed by atoms with Crippen molar-refractivity contribution in [3.8, 4) is 5.75 Å². The Morgan fingerprint density at radius 1 is 1.28 bits per heavy atom. The molecule has 1 aromatic carbocycles. The monoisotopic (exact) mass is 258 g/mol. The van der Waals surface area contributed by atoms with Gasteiger partial charge in [-0.25, -0.2) is 0 Å². The minimum Gasteiger partial charge on any atom is -0.496 e. The molecule has 3 heteroatoms. The van der Waals surface area contributed by atoms with Crippen molar-refractivity contribution < 1.29 is 9.53 Å². The highest BCUT2D eigenvalue weighted by Gasteiger charge is 2.08. The van der Waals surface area contributed by atoms with Gasteiger partial charge >= 0.3 is 0 Å². The molecule has 2 rings (SSSR count). The van der Waals surface area contributed by atoms with Gasteiger partial charge in [0.2, 0.25) is 0 Å². The average molecular weight is 258 g/mol. The van der Waals surface area contributed by atoms with Crippen molar-refractivity contribution in [3.63, 3.8) is 0 Å². The lowest BCUT2D eigenvalue weighted by Crippen LogP contribution is -1.98. The summed E-state index contributed by atoms with van der Waals surface area (Å²) in [6.45, 7) is 2.03. The van der Waals surface area contributed by atoms with Crippen LogP contribution in [-0.2, 0) is 0 Å². The molecule has 0 radical (unpaired) electrons. The van der Waals surface area contributed by atoms with Crippen LogP contribution in [-0.4, -0.2) is 12.9 Å². The number of methoxy groups -OCH3 is 1. The first-order valence-electron chi connectivity index (χ1n) is 5.62. The Bertz CT molecular complexity index is 582. The highest BCUT2D eigenvalue weighted by atomic mass is 32.1. The first-order valence-corrected chi connectivity index (χ1v) is 6.50. The molecule has 1 aromatic heterocycles. The van der Waals surface area contributed by atoms with E-state index in [9.17, 15) is 4.79 Å². The minimum atomic E-state index is -0.0414. The zero-order valence-electron chi connectivity index (χ0n) is 10.3. The van der Waals surface area contributed by atoms with E-state index in [0.29, 0.717) is 11.3 Å². The quantitative estimate of drug-likeness (QED) is 0.613. The zero-order chi connectivity index (χ0) is 13.0. The van der Waals surface area contributed by atoms with Gasteiger partial charge in [-0.1, -0.05) is 12.1 Å². The molecule has 18 heavy (non-hydrogen) atoms. The van der Waals surface area contributed by atoms with Crippen molar-refractivity contribution in [3.05, 3.63) is 57.8 Å². The van der Waals surface area contributed by atoms with Gasteiger partial charge in [-0.05, 0) is 48.2 Å². The number of ketones is 1. The fourth-order valence-electron chi connectivity index (χ4n) is 1.64. The molecule has 2 nitrogen and oxygen atoms in total. The molecular formula is C15H14O2S. The van der Waals surface area contributed by atoms with Crippen LogP contribution in [0.5, 0.6) is 5.75 Å². The van der Waals surface area contributed by atoms with Gasteiger partial charge in [0.15, 0.2) is 5.78 Å². The number of aryl methyl sites for hydroxylation is 1. The second-order valence-electron chi connectivity index (χ2n) is 3.87. The number of carbonyl (C=O) groups excluding carboxylic acids is 1. The first kappa shape index (κ1) is 12.6. The number of rotatable bonds is 4. The Morgan fingerprint density at radius 3 is 2.72 bits per heavy atom. The maximum absolute atomic E-state index is 12.1. The van der Waals surface area contributed by atoms with Crippen LogP contribution in [0.1, 0.15) is 20.8 Å². The number of hydrogen-bond acceptors (Lipinski definition) is 3. The topological polar surface area (TPSA) is 26.3 Å². The molecule has 0 unspecified atom stereocenters. The molecule has 2 aromatic rings. The number of hydrogen-bond donors (Lipinski definition) is 0. The number of para-hydroxylation sites is 1. The molecule has 92 valence electrons. The van der Waals surface area contributed by atoms with Gasteiger partial charge in [-0.3, -0.25) is 4.79 Å². The van der Waals surface area contributed by atoms with E-state index in [1.165, 1.54) is 5.56 Å².